The van der Waals surface area contributed by atoms with Crippen molar-refractivity contribution in [3.05, 3.63) is 29.8 Å². The van der Waals surface area contributed by atoms with Gasteiger partial charge in [0, 0.05) is 0 Å². The molecule has 0 radical (unpaired) electrons. The molecule has 1 aliphatic heterocycles. The first-order valence-electron chi connectivity index (χ1n) is 6.07. The lowest BCUT2D eigenvalue weighted by Gasteiger charge is -2.40. The molecule has 0 amide bonds. The maximum absolute atomic E-state index is 10.0. The van der Waals surface area contributed by atoms with Crippen LogP contribution in [0.5, 0.6) is 5.75 Å². The van der Waals surface area contributed by atoms with Gasteiger partial charge in [0.2, 0.25) is 0 Å². The number of aryl methyl sites for hydroxylation is 1. The van der Waals surface area contributed by atoms with Crippen LogP contribution in [-0.2, 0) is 4.74 Å². The van der Waals surface area contributed by atoms with E-state index in [9.17, 15) is 10.2 Å². The minimum Gasteiger partial charge on any atom is -0.484 e. The van der Waals surface area contributed by atoms with Gasteiger partial charge in [-0.25, -0.2) is 0 Å². The fourth-order valence-electron chi connectivity index (χ4n) is 1.97. The summed E-state index contributed by atoms with van der Waals surface area (Å²) in [4.78, 5) is 0. The van der Waals surface area contributed by atoms with E-state index in [1.807, 2.05) is 19.1 Å². The minimum absolute atomic E-state index is 0.382. The monoisotopic (exact) mass is 286 g/mol. The first-order chi connectivity index (χ1) is 9.02. The van der Waals surface area contributed by atoms with Crippen LogP contribution in [0.1, 0.15) is 5.56 Å². The van der Waals surface area contributed by atoms with Crippen LogP contribution in [0.3, 0.4) is 0 Å². The lowest BCUT2D eigenvalue weighted by molar-refractivity contribution is -0.198. The number of hydrogen-bond acceptors (Lipinski definition) is 6. The zero-order valence-electron chi connectivity index (χ0n) is 10.5. The van der Waals surface area contributed by atoms with Crippen molar-refractivity contribution in [2.24, 2.45) is 0 Å². The molecule has 0 spiro atoms. The molecule has 1 saturated heterocycles. The van der Waals surface area contributed by atoms with Gasteiger partial charge in [-0.05, 0) is 19.1 Å². The second-order valence-corrected chi connectivity index (χ2v) is 5.13. The summed E-state index contributed by atoms with van der Waals surface area (Å²) in [6.45, 7) is 1.58. The molecule has 1 aromatic rings. The van der Waals surface area contributed by atoms with Gasteiger partial charge in [0.1, 0.15) is 29.5 Å². The molecule has 1 heterocycles. The zero-order valence-corrected chi connectivity index (χ0v) is 11.4. The van der Waals surface area contributed by atoms with Crippen LogP contribution >= 0.6 is 12.6 Å². The molecule has 19 heavy (non-hydrogen) atoms. The molecule has 1 aliphatic rings. The first-order valence-corrected chi connectivity index (χ1v) is 6.58. The molecule has 106 valence electrons. The average Bonchev–Trinajstić information content (AvgIpc) is 2.41. The van der Waals surface area contributed by atoms with Crippen LogP contribution in [0.4, 0.5) is 0 Å². The molecule has 5 unspecified atom stereocenters. The van der Waals surface area contributed by atoms with E-state index in [0.717, 1.165) is 5.56 Å². The van der Waals surface area contributed by atoms with E-state index in [-0.39, 0.29) is 6.61 Å². The Morgan fingerprint density at radius 2 is 1.84 bits per heavy atom. The van der Waals surface area contributed by atoms with E-state index in [1.54, 1.807) is 12.1 Å². The highest BCUT2D eigenvalue weighted by Crippen LogP contribution is 2.27. The maximum Gasteiger partial charge on any atom is 0.162 e. The molecule has 1 aromatic carbocycles. The molecule has 0 aliphatic carbocycles. The number of thiol groups is 1. The van der Waals surface area contributed by atoms with Gasteiger partial charge in [-0.1, -0.05) is 17.7 Å². The number of hydrogen-bond donors (Lipinski definition) is 4. The smallest absolute Gasteiger partial charge is 0.162 e. The quantitative estimate of drug-likeness (QED) is 0.593. The molecule has 3 N–H and O–H groups in total. The summed E-state index contributed by atoms with van der Waals surface area (Å²) in [5.74, 6) is 0.562. The van der Waals surface area contributed by atoms with Gasteiger partial charge in [-0.15, -0.1) is 12.6 Å². The Balaban J connectivity index is 2.09. The summed E-state index contributed by atoms with van der Waals surface area (Å²) < 4.78 is 10.9. The van der Waals surface area contributed by atoms with Crippen molar-refractivity contribution in [1.29, 1.82) is 0 Å². The minimum atomic E-state index is -1.20. The van der Waals surface area contributed by atoms with E-state index < -0.39 is 29.9 Å². The molecule has 0 aromatic heterocycles. The molecule has 5 atom stereocenters. The third-order valence-electron chi connectivity index (χ3n) is 3.14. The molecule has 0 saturated carbocycles. The van der Waals surface area contributed by atoms with Crippen LogP contribution in [0.15, 0.2) is 24.3 Å². The summed E-state index contributed by atoms with van der Waals surface area (Å²) in [5, 5.41) is 28.8. The van der Waals surface area contributed by atoms with Crippen LogP contribution in [0, 0.1) is 6.92 Å². The second kappa shape index (κ2) is 6.11. The van der Waals surface area contributed by atoms with Crippen molar-refractivity contribution in [3.63, 3.8) is 0 Å². The van der Waals surface area contributed by atoms with Crippen molar-refractivity contribution in [3.8, 4) is 5.75 Å². The van der Waals surface area contributed by atoms with Gasteiger partial charge in [-0.3, -0.25) is 0 Å². The molecular formula is C13H18O5S. The van der Waals surface area contributed by atoms with Gasteiger partial charge in [0.05, 0.1) is 6.61 Å². The topological polar surface area (TPSA) is 79.2 Å². The fraction of sp³-hybridized carbons (Fsp3) is 0.538. The predicted molar refractivity (Wildman–Crippen MR) is 72.3 cm³/mol. The van der Waals surface area contributed by atoms with E-state index >= 15 is 0 Å². The Hall–Kier alpha value is -0.790. The van der Waals surface area contributed by atoms with Gasteiger partial charge >= 0.3 is 0 Å². The van der Waals surface area contributed by atoms with Crippen molar-refractivity contribution in [1.82, 2.24) is 0 Å². The van der Waals surface area contributed by atoms with E-state index in [1.165, 1.54) is 0 Å². The number of ether oxygens (including phenoxy) is 2. The molecule has 6 heteroatoms. The Kier molecular flexibility index (Phi) is 4.70. The van der Waals surface area contributed by atoms with Gasteiger partial charge in [-0.2, -0.15) is 0 Å². The average molecular weight is 286 g/mol. The van der Waals surface area contributed by atoms with Gasteiger partial charge in [0.15, 0.2) is 6.10 Å². The molecule has 0 bridgehead atoms. The number of aliphatic hydroxyl groups excluding tert-OH is 3. The highest BCUT2D eigenvalue weighted by atomic mass is 32.1. The van der Waals surface area contributed by atoms with Crippen LogP contribution in [0.2, 0.25) is 0 Å². The van der Waals surface area contributed by atoms with Crippen molar-refractivity contribution >= 4 is 12.6 Å². The largest absolute Gasteiger partial charge is 0.484 e. The summed E-state index contributed by atoms with van der Waals surface area (Å²) in [7, 11) is 0. The molecule has 1 fully saturated rings. The Labute approximate surface area is 117 Å². The van der Waals surface area contributed by atoms with Crippen LogP contribution in [0.25, 0.3) is 0 Å². The Bertz CT molecular complexity index is 410. The van der Waals surface area contributed by atoms with Crippen LogP contribution in [-0.4, -0.2) is 51.8 Å². The number of aliphatic hydroxyl groups is 3. The Morgan fingerprint density at radius 1 is 1.21 bits per heavy atom. The SMILES string of the molecule is Cc1ccc(OC2C(S)OC(CO)C(O)C2O)cc1. The third kappa shape index (κ3) is 3.21. The zero-order chi connectivity index (χ0) is 14.0. The van der Waals surface area contributed by atoms with Crippen molar-refractivity contribution in [2.75, 3.05) is 6.61 Å². The van der Waals surface area contributed by atoms with E-state index in [4.69, 9.17) is 14.6 Å². The van der Waals surface area contributed by atoms with Crippen LogP contribution < -0.4 is 4.74 Å². The van der Waals surface area contributed by atoms with Crippen molar-refractivity contribution < 1.29 is 24.8 Å². The number of benzene rings is 1. The predicted octanol–water partition coefficient (Wildman–Crippen LogP) is 0.111. The summed E-state index contributed by atoms with van der Waals surface area (Å²) in [6.07, 6.45) is -4.03. The normalized spacial score (nSPS) is 35.1. The molecule has 5 nitrogen and oxygen atoms in total. The third-order valence-corrected chi connectivity index (χ3v) is 3.55. The summed E-state index contributed by atoms with van der Waals surface area (Å²) >= 11 is 4.19. The van der Waals surface area contributed by atoms with Gasteiger partial charge < -0.3 is 24.8 Å². The Morgan fingerprint density at radius 3 is 2.42 bits per heavy atom. The fourth-order valence-corrected chi connectivity index (χ4v) is 2.37. The molecular weight excluding hydrogens is 268 g/mol. The van der Waals surface area contributed by atoms with E-state index in [2.05, 4.69) is 12.6 Å². The maximum atomic E-state index is 10.0. The molecule has 2 rings (SSSR count). The lowest BCUT2D eigenvalue weighted by Crippen LogP contribution is -2.58. The summed E-state index contributed by atoms with van der Waals surface area (Å²) in [5.41, 5.74) is 0.368. The van der Waals surface area contributed by atoms with E-state index in [0.29, 0.717) is 5.75 Å². The first kappa shape index (κ1) is 14.6. The van der Waals surface area contributed by atoms with Crippen molar-refractivity contribution in [2.45, 2.75) is 36.8 Å². The number of rotatable bonds is 3. The lowest BCUT2D eigenvalue weighted by atomic mass is 10.00. The standard InChI is InChI=1S/C13H18O5S/c1-7-2-4-8(5-3-7)17-12-11(16)10(15)9(6-14)18-13(12)19/h2-5,9-16,19H,6H2,1H3. The highest BCUT2D eigenvalue weighted by molar-refractivity contribution is 7.80. The van der Waals surface area contributed by atoms with Gasteiger partial charge in [0.25, 0.3) is 0 Å². The summed E-state index contributed by atoms with van der Waals surface area (Å²) in [6, 6.07) is 7.30. The highest BCUT2D eigenvalue weighted by Gasteiger charge is 2.44. The second-order valence-electron chi connectivity index (χ2n) is 4.62.